The van der Waals surface area contributed by atoms with E-state index >= 15 is 0 Å². The average molecular weight is 510 g/mol. The van der Waals surface area contributed by atoms with Gasteiger partial charge in [-0.3, -0.25) is 9.89 Å². The first-order valence-corrected chi connectivity index (χ1v) is 10.6. The highest BCUT2D eigenvalue weighted by Gasteiger charge is 2.36. The first-order chi connectivity index (χ1) is 13.3. The number of morpholine rings is 1. The molecule has 0 spiro atoms. The summed E-state index contributed by atoms with van der Waals surface area (Å²) < 4.78 is 16.5. The van der Waals surface area contributed by atoms with Gasteiger partial charge in [0.2, 0.25) is 0 Å². The zero-order chi connectivity index (χ0) is 19.0. The Labute approximate surface area is 187 Å². The number of hydrogen-bond acceptors (Lipinski definition) is 5. The summed E-state index contributed by atoms with van der Waals surface area (Å²) in [6.45, 7) is 8.16. The van der Waals surface area contributed by atoms with E-state index in [2.05, 4.69) is 20.5 Å². The van der Waals surface area contributed by atoms with Gasteiger partial charge in [0.25, 0.3) is 0 Å². The third-order valence-electron chi connectivity index (χ3n) is 6.61. The van der Waals surface area contributed by atoms with Crippen LogP contribution in [0.2, 0.25) is 0 Å². The topological polar surface area (TPSA) is 67.4 Å². The Hall–Kier alpha value is -0.160. The fourth-order valence-electron chi connectivity index (χ4n) is 4.56. The summed E-state index contributed by atoms with van der Waals surface area (Å²) in [5.41, 5.74) is 0.385. The standard InChI is InChI=1S/C20H38N4O3.HI/c1-21-19(23-16-20(5-3-6-20)7-11-25-2)22-14-18(17-4-10-27-15-17)24-8-12-26-13-9-24;/h17-18H,3-16H2,1-2H3,(H2,21,22,23);1H. The molecule has 2 atom stereocenters. The molecule has 2 heterocycles. The van der Waals surface area contributed by atoms with Crippen molar-refractivity contribution in [3.8, 4) is 0 Å². The third-order valence-corrected chi connectivity index (χ3v) is 6.61. The molecular formula is C20H39IN4O3. The lowest BCUT2D eigenvalue weighted by Gasteiger charge is -2.42. The van der Waals surface area contributed by atoms with Gasteiger partial charge in [0.05, 0.1) is 19.8 Å². The molecule has 0 amide bonds. The molecule has 0 aromatic rings. The zero-order valence-corrected chi connectivity index (χ0v) is 19.9. The minimum Gasteiger partial charge on any atom is -0.385 e. The highest BCUT2D eigenvalue weighted by Crippen LogP contribution is 2.43. The van der Waals surface area contributed by atoms with Gasteiger partial charge < -0.3 is 24.8 Å². The van der Waals surface area contributed by atoms with E-state index in [-0.39, 0.29) is 24.0 Å². The van der Waals surface area contributed by atoms with E-state index < -0.39 is 0 Å². The molecule has 0 bridgehead atoms. The Morgan fingerprint density at radius 1 is 1.21 bits per heavy atom. The van der Waals surface area contributed by atoms with E-state index in [0.29, 0.717) is 17.4 Å². The van der Waals surface area contributed by atoms with E-state index in [4.69, 9.17) is 14.2 Å². The third kappa shape index (κ3) is 6.68. The van der Waals surface area contributed by atoms with Crippen LogP contribution in [0.15, 0.2) is 4.99 Å². The number of rotatable bonds is 9. The summed E-state index contributed by atoms with van der Waals surface area (Å²) in [6.07, 6.45) is 6.18. The maximum absolute atomic E-state index is 5.67. The summed E-state index contributed by atoms with van der Waals surface area (Å²) in [6, 6.07) is 0.473. The fraction of sp³-hybridized carbons (Fsp3) is 0.950. The van der Waals surface area contributed by atoms with Crippen LogP contribution in [-0.4, -0.2) is 90.3 Å². The summed E-state index contributed by atoms with van der Waals surface area (Å²) in [5.74, 6) is 1.50. The molecule has 28 heavy (non-hydrogen) atoms. The molecule has 3 rings (SSSR count). The van der Waals surface area contributed by atoms with Crippen molar-refractivity contribution >= 4 is 29.9 Å². The van der Waals surface area contributed by atoms with Gasteiger partial charge in [-0.15, -0.1) is 24.0 Å². The van der Waals surface area contributed by atoms with Crippen molar-refractivity contribution in [3.05, 3.63) is 0 Å². The van der Waals surface area contributed by atoms with Crippen molar-refractivity contribution < 1.29 is 14.2 Å². The second-order valence-corrected chi connectivity index (χ2v) is 8.24. The van der Waals surface area contributed by atoms with Crippen molar-refractivity contribution in [1.82, 2.24) is 15.5 Å². The highest BCUT2D eigenvalue weighted by molar-refractivity contribution is 14.0. The molecule has 1 saturated carbocycles. The van der Waals surface area contributed by atoms with Crippen LogP contribution in [-0.2, 0) is 14.2 Å². The van der Waals surface area contributed by atoms with Gasteiger partial charge in [-0.2, -0.15) is 0 Å². The number of methoxy groups -OCH3 is 1. The molecule has 7 nitrogen and oxygen atoms in total. The molecule has 2 unspecified atom stereocenters. The normalized spacial score (nSPS) is 26.2. The number of ether oxygens (including phenoxy) is 3. The Bertz CT molecular complexity index is 464. The summed E-state index contributed by atoms with van der Waals surface area (Å²) in [7, 11) is 3.65. The number of aliphatic imine (C=N–C) groups is 1. The Balaban J connectivity index is 0.00000280. The lowest BCUT2D eigenvalue weighted by atomic mass is 9.67. The monoisotopic (exact) mass is 510 g/mol. The molecule has 8 heteroatoms. The van der Waals surface area contributed by atoms with Gasteiger partial charge in [-0.05, 0) is 31.1 Å². The molecule has 3 aliphatic rings. The Morgan fingerprint density at radius 3 is 2.57 bits per heavy atom. The van der Waals surface area contributed by atoms with Gasteiger partial charge in [-0.25, -0.2) is 0 Å². The van der Waals surface area contributed by atoms with Crippen LogP contribution in [0.25, 0.3) is 0 Å². The number of nitrogens with zero attached hydrogens (tertiary/aromatic N) is 2. The lowest BCUT2D eigenvalue weighted by molar-refractivity contribution is 0.00243. The molecule has 3 fully saturated rings. The SMILES string of the molecule is CN=C(NCC(C1CCOC1)N1CCOCC1)NCC1(CCOC)CCC1.I. The van der Waals surface area contributed by atoms with Crippen LogP contribution in [0.1, 0.15) is 32.1 Å². The molecule has 0 aromatic heterocycles. The van der Waals surface area contributed by atoms with Crippen LogP contribution in [0.4, 0.5) is 0 Å². The predicted octanol–water partition coefficient (Wildman–Crippen LogP) is 1.71. The summed E-state index contributed by atoms with van der Waals surface area (Å²) >= 11 is 0. The molecule has 1 aliphatic carbocycles. The molecule has 164 valence electrons. The summed E-state index contributed by atoms with van der Waals surface area (Å²) in [5, 5.41) is 7.17. The van der Waals surface area contributed by atoms with Crippen LogP contribution < -0.4 is 10.6 Å². The van der Waals surface area contributed by atoms with Crippen molar-refractivity contribution in [2.24, 2.45) is 16.3 Å². The van der Waals surface area contributed by atoms with E-state index in [0.717, 1.165) is 78.0 Å². The average Bonchev–Trinajstić information content (AvgIpc) is 3.20. The summed E-state index contributed by atoms with van der Waals surface area (Å²) in [4.78, 5) is 7.03. The maximum atomic E-state index is 5.67. The highest BCUT2D eigenvalue weighted by atomic mass is 127. The first-order valence-electron chi connectivity index (χ1n) is 10.6. The molecule has 2 aliphatic heterocycles. The van der Waals surface area contributed by atoms with E-state index in [1.807, 2.05) is 7.05 Å². The minimum absolute atomic E-state index is 0. The zero-order valence-electron chi connectivity index (χ0n) is 17.6. The van der Waals surface area contributed by atoms with Gasteiger partial charge in [0.15, 0.2) is 5.96 Å². The van der Waals surface area contributed by atoms with Crippen LogP contribution in [0, 0.1) is 11.3 Å². The van der Waals surface area contributed by atoms with Gasteiger partial charge in [0.1, 0.15) is 0 Å². The Morgan fingerprint density at radius 2 is 2.00 bits per heavy atom. The van der Waals surface area contributed by atoms with Crippen molar-refractivity contribution in [1.29, 1.82) is 0 Å². The van der Waals surface area contributed by atoms with Gasteiger partial charge >= 0.3 is 0 Å². The van der Waals surface area contributed by atoms with E-state index in [1.54, 1.807) is 7.11 Å². The molecule has 0 radical (unpaired) electrons. The van der Waals surface area contributed by atoms with Crippen LogP contribution in [0.3, 0.4) is 0 Å². The number of hydrogen-bond donors (Lipinski definition) is 2. The first kappa shape index (κ1) is 24.1. The quantitative estimate of drug-likeness (QED) is 0.280. The molecular weight excluding hydrogens is 471 g/mol. The van der Waals surface area contributed by atoms with Gasteiger partial charge in [0, 0.05) is 65.5 Å². The minimum atomic E-state index is 0. The van der Waals surface area contributed by atoms with Crippen LogP contribution in [0.5, 0.6) is 0 Å². The molecule has 0 aromatic carbocycles. The van der Waals surface area contributed by atoms with E-state index in [9.17, 15) is 0 Å². The number of halogens is 1. The Kier molecular flexibility index (Phi) is 10.8. The smallest absolute Gasteiger partial charge is 0.191 e. The largest absolute Gasteiger partial charge is 0.385 e. The van der Waals surface area contributed by atoms with Crippen molar-refractivity contribution in [2.75, 3.05) is 73.4 Å². The van der Waals surface area contributed by atoms with Crippen LogP contribution >= 0.6 is 24.0 Å². The second kappa shape index (κ2) is 12.5. The molecule has 2 N–H and O–H groups in total. The van der Waals surface area contributed by atoms with E-state index in [1.165, 1.54) is 19.3 Å². The van der Waals surface area contributed by atoms with Crippen molar-refractivity contribution in [3.63, 3.8) is 0 Å². The predicted molar refractivity (Wildman–Crippen MR) is 123 cm³/mol. The second-order valence-electron chi connectivity index (χ2n) is 8.24. The number of guanidine groups is 1. The fourth-order valence-corrected chi connectivity index (χ4v) is 4.56. The molecule has 2 saturated heterocycles. The lowest BCUT2D eigenvalue weighted by Crippen LogP contribution is -2.54. The van der Waals surface area contributed by atoms with Crippen molar-refractivity contribution in [2.45, 2.75) is 38.1 Å². The van der Waals surface area contributed by atoms with Gasteiger partial charge in [-0.1, -0.05) is 6.42 Å². The number of nitrogens with one attached hydrogen (secondary N) is 2. The maximum Gasteiger partial charge on any atom is 0.191 e.